The third-order valence-corrected chi connectivity index (χ3v) is 2.53. The van der Waals surface area contributed by atoms with E-state index >= 15 is 0 Å². The molecule has 0 unspecified atom stereocenters. The molecule has 0 saturated carbocycles. The van der Waals surface area contributed by atoms with Gasteiger partial charge in [0.15, 0.2) is 6.10 Å². The third-order valence-electron chi connectivity index (χ3n) is 2.53. The Kier molecular flexibility index (Phi) is 6.05. The van der Waals surface area contributed by atoms with Crippen LogP contribution in [0.15, 0.2) is 24.3 Å². The molecule has 1 N–H and O–H groups in total. The number of ether oxygens (including phenoxy) is 2. The van der Waals surface area contributed by atoms with Gasteiger partial charge in [0, 0.05) is 12.6 Å². The Hall–Kier alpha value is -1.71. The minimum atomic E-state index is -0.455. The Morgan fingerprint density at radius 3 is 2.67 bits per heavy atom. The molecular weight excluding hydrogens is 230 g/mol. The van der Waals surface area contributed by atoms with Crippen LogP contribution in [0.4, 0.5) is 0 Å². The molecule has 4 heteroatoms. The van der Waals surface area contributed by atoms with Crippen molar-refractivity contribution in [2.24, 2.45) is 0 Å². The minimum absolute atomic E-state index is 0.0674. The van der Waals surface area contributed by atoms with Crippen molar-refractivity contribution in [3.8, 4) is 11.5 Å². The van der Waals surface area contributed by atoms with E-state index in [0.29, 0.717) is 18.7 Å². The number of rotatable bonds is 7. The van der Waals surface area contributed by atoms with Crippen LogP contribution in [0.5, 0.6) is 11.5 Å². The third kappa shape index (κ3) is 4.28. The lowest BCUT2D eigenvalue weighted by Gasteiger charge is -2.17. The zero-order valence-corrected chi connectivity index (χ0v) is 11.2. The molecule has 0 spiro atoms. The first kappa shape index (κ1) is 14.4. The molecule has 0 saturated heterocycles. The van der Waals surface area contributed by atoms with Gasteiger partial charge in [0.25, 0.3) is 5.91 Å². The Morgan fingerprint density at radius 1 is 1.33 bits per heavy atom. The molecule has 18 heavy (non-hydrogen) atoms. The van der Waals surface area contributed by atoms with Crippen LogP contribution in [0.2, 0.25) is 0 Å². The second-order valence-corrected chi connectivity index (χ2v) is 3.98. The summed E-state index contributed by atoms with van der Waals surface area (Å²) in [5.74, 6) is 1.30. The van der Waals surface area contributed by atoms with Gasteiger partial charge >= 0.3 is 0 Å². The molecule has 1 aromatic rings. The van der Waals surface area contributed by atoms with Crippen LogP contribution in [0.3, 0.4) is 0 Å². The molecule has 0 radical (unpaired) electrons. The van der Waals surface area contributed by atoms with E-state index in [1.807, 2.05) is 32.0 Å². The van der Waals surface area contributed by atoms with Crippen LogP contribution in [-0.2, 0) is 4.79 Å². The van der Waals surface area contributed by atoms with Crippen molar-refractivity contribution in [1.82, 2.24) is 5.32 Å². The van der Waals surface area contributed by atoms with Gasteiger partial charge in [-0.05, 0) is 25.0 Å². The van der Waals surface area contributed by atoms with E-state index in [0.717, 1.165) is 12.2 Å². The predicted molar refractivity (Wildman–Crippen MR) is 71.0 cm³/mol. The Labute approximate surface area is 108 Å². The lowest BCUT2D eigenvalue weighted by Crippen LogP contribution is -2.38. The van der Waals surface area contributed by atoms with Crippen LogP contribution < -0.4 is 14.8 Å². The lowest BCUT2D eigenvalue weighted by molar-refractivity contribution is -0.128. The summed E-state index contributed by atoms with van der Waals surface area (Å²) in [4.78, 5) is 11.8. The fourth-order valence-corrected chi connectivity index (χ4v) is 1.52. The summed E-state index contributed by atoms with van der Waals surface area (Å²) in [5.41, 5.74) is 0. The van der Waals surface area contributed by atoms with Gasteiger partial charge in [-0.3, -0.25) is 4.79 Å². The molecule has 0 aliphatic rings. The summed E-state index contributed by atoms with van der Waals surface area (Å²) < 4.78 is 10.8. The molecule has 4 nitrogen and oxygen atoms in total. The van der Waals surface area contributed by atoms with E-state index in [2.05, 4.69) is 5.32 Å². The zero-order valence-electron chi connectivity index (χ0n) is 11.2. The molecule has 1 atom stereocenters. The molecule has 1 amide bonds. The Balaban J connectivity index is 2.63. The van der Waals surface area contributed by atoms with E-state index < -0.39 is 6.10 Å². The molecule has 0 aliphatic carbocycles. The van der Waals surface area contributed by atoms with Gasteiger partial charge in [-0.1, -0.05) is 19.9 Å². The fraction of sp³-hybridized carbons (Fsp3) is 0.500. The first-order valence-electron chi connectivity index (χ1n) is 6.29. The maximum Gasteiger partial charge on any atom is 0.261 e. The van der Waals surface area contributed by atoms with Gasteiger partial charge in [-0.15, -0.1) is 0 Å². The summed E-state index contributed by atoms with van der Waals surface area (Å²) in [5, 5.41) is 2.84. The molecule has 0 aromatic heterocycles. The summed E-state index contributed by atoms with van der Waals surface area (Å²) in [6.45, 7) is 4.62. The molecule has 1 aromatic carbocycles. The predicted octanol–water partition coefficient (Wildman–Crippen LogP) is 2.38. The van der Waals surface area contributed by atoms with Crippen LogP contribution >= 0.6 is 0 Å². The molecule has 1 rings (SSSR count). The number of methoxy groups -OCH3 is 1. The quantitative estimate of drug-likeness (QED) is 0.809. The normalized spacial score (nSPS) is 11.7. The number of amides is 1. The summed E-state index contributed by atoms with van der Waals surface area (Å²) in [6, 6.07) is 7.27. The van der Waals surface area contributed by atoms with Gasteiger partial charge < -0.3 is 14.8 Å². The van der Waals surface area contributed by atoms with Crippen molar-refractivity contribution < 1.29 is 14.3 Å². The van der Waals surface area contributed by atoms with Crippen LogP contribution in [0.1, 0.15) is 26.7 Å². The van der Waals surface area contributed by atoms with Crippen LogP contribution in [0, 0.1) is 0 Å². The van der Waals surface area contributed by atoms with Gasteiger partial charge in [-0.25, -0.2) is 0 Å². The van der Waals surface area contributed by atoms with Crippen molar-refractivity contribution in [2.45, 2.75) is 32.8 Å². The van der Waals surface area contributed by atoms with Crippen molar-refractivity contribution in [3.63, 3.8) is 0 Å². The van der Waals surface area contributed by atoms with Crippen molar-refractivity contribution >= 4 is 5.91 Å². The first-order valence-corrected chi connectivity index (χ1v) is 6.29. The Morgan fingerprint density at radius 2 is 2.06 bits per heavy atom. The lowest BCUT2D eigenvalue weighted by atomic mass is 10.2. The average molecular weight is 251 g/mol. The standard InChI is InChI=1S/C14H21NO3/c1-4-9-15-14(16)13(5-2)18-12-8-6-7-11(10-12)17-3/h6-8,10,13H,4-5,9H2,1-3H3,(H,15,16)/t13-/m1/s1. The number of hydrogen-bond acceptors (Lipinski definition) is 3. The summed E-state index contributed by atoms with van der Waals surface area (Å²) in [6.07, 6.45) is 1.09. The van der Waals surface area contributed by atoms with Crippen LogP contribution in [-0.4, -0.2) is 25.7 Å². The van der Waals surface area contributed by atoms with E-state index in [4.69, 9.17) is 9.47 Å². The highest BCUT2D eigenvalue weighted by atomic mass is 16.5. The smallest absolute Gasteiger partial charge is 0.261 e. The highest BCUT2D eigenvalue weighted by Crippen LogP contribution is 2.20. The molecule has 100 valence electrons. The van der Waals surface area contributed by atoms with Gasteiger partial charge in [0.05, 0.1) is 7.11 Å². The number of carbonyl (C=O) groups excluding carboxylic acids is 1. The minimum Gasteiger partial charge on any atom is -0.497 e. The highest BCUT2D eigenvalue weighted by Gasteiger charge is 2.17. The second kappa shape index (κ2) is 7.58. The number of hydrogen-bond donors (Lipinski definition) is 1. The average Bonchev–Trinajstić information content (AvgIpc) is 2.42. The van der Waals surface area contributed by atoms with E-state index in [1.54, 1.807) is 13.2 Å². The van der Waals surface area contributed by atoms with Crippen LogP contribution in [0.25, 0.3) is 0 Å². The number of carbonyl (C=O) groups is 1. The van der Waals surface area contributed by atoms with Crippen molar-refractivity contribution in [1.29, 1.82) is 0 Å². The molecule has 0 heterocycles. The molecular formula is C14H21NO3. The monoisotopic (exact) mass is 251 g/mol. The van der Waals surface area contributed by atoms with Crippen molar-refractivity contribution in [3.05, 3.63) is 24.3 Å². The topological polar surface area (TPSA) is 47.6 Å². The van der Waals surface area contributed by atoms with Gasteiger partial charge in [0.1, 0.15) is 11.5 Å². The number of benzene rings is 1. The summed E-state index contributed by atoms with van der Waals surface area (Å²) >= 11 is 0. The van der Waals surface area contributed by atoms with E-state index in [9.17, 15) is 4.79 Å². The summed E-state index contributed by atoms with van der Waals surface area (Å²) in [7, 11) is 1.60. The largest absolute Gasteiger partial charge is 0.497 e. The zero-order chi connectivity index (χ0) is 13.4. The van der Waals surface area contributed by atoms with Gasteiger partial charge in [0.2, 0.25) is 0 Å². The number of nitrogens with one attached hydrogen (secondary N) is 1. The maximum absolute atomic E-state index is 11.8. The molecule has 0 fully saturated rings. The first-order chi connectivity index (χ1) is 8.71. The second-order valence-electron chi connectivity index (χ2n) is 3.98. The highest BCUT2D eigenvalue weighted by molar-refractivity contribution is 5.81. The maximum atomic E-state index is 11.8. The SMILES string of the molecule is CCCNC(=O)[C@@H](CC)Oc1cccc(OC)c1. The molecule has 0 bridgehead atoms. The Bertz CT molecular complexity index is 379. The fourth-order valence-electron chi connectivity index (χ4n) is 1.52. The van der Waals surface area contributed by atoms with E-state index in [1.165, 1.54) is 0 Å². The van der Waals surface area contributed by atoms with Gasteiger partial charge in [-0.2, -0.15) is 0 Å². The molecule has 0 aliphatic heterocycles. The van der Waals surface area contributed by atoms with Crippen molar-refractivity contribution in [2.75, 3.05) is 13.7 Å². The van der Waals surface area contributed by atoms with E-state index in [-0.39, 0.29) is 5.91 Å².